The van der Waals surface area contributed by atoms with Crippen LogP contribution in [0, 0.1) is 5.41 Å². The molecule has 3 heteroatoms. The highest BCUT2D eigenvalue weighted by atomic mass is 79.9. The molecular weight excluding hydrogens is 270 g/mol. The second kappa shape index (κ2) is 4.98. The van der Waals surface area contributed by atoms with Crippen molar-refractivity contribution in [3.63, 3.8) is 0 Å². The minimum Gasteiger partial charge on any atom is -0.311 e. The zero-order valence-electron chi connectivity index (χ0n) is 9.18. The standard InChI is InChI=1S/C12H18BrNS/c1-12(5-2-3-6-12)9-14-8-11-10(13)4-7-15-11/h4,7,14H,2-3,5-6,8-9H2,1H3. The molecule has 1 nitrogen and oxygen atoms in total. The Morgan fingerprint density at radius 3 is 2.80 bits per heavy atom. The smallest absolute Gasteiger partial charge is 0.0327 e. The van der Waals surface area contributed by atoms with E-state index >= 15 is 0 Å². The summed E-state index contributed by atoms with van der Waals surface area (Å²) in [5.41, 5.74) is 0.559. The monoisotopic (exact) mass is 287 g/mol. The first-order valence-electron chi connectivity index (χ1n) is 5.62. The summed E-state index contributed by atoms with van der Waals surface area (Å²) in [6.45, 7) is 4.58. The van der Waals surface area contributed by atoms with E-state index in [1.165, 1.54) is 35.0 Å². The molecular formula is C12H18BrNS. The van der Waals surface area contributed by atoms with Crippen LogP contribution in [-0.4, -0.2) is 6.54 Å². The summed E-state index contributed by atoms with van der Waals surface area (Å²) >= 11 is 5.39. The average Bonchev–Trinajstić information content (AvgIpc) is 2.78. The van der Waals surface area contributed by atoms with E-state index in [0.717, 1.165) is 13.1 Å². The average molecular weight is 288 g/mol. The van der Waals surface area contributed by atoms with Crippen LogP contribution < -0.4 is 5.32 Å². The van der Waals surface area contributed by atoms with E-state index < -0.39 is 0 Å². The maximum atomic E-state index is 3.59. The van der Waals surface area contributed by atoms with Crippen LogP contribution in [0.4, 0.5) is 0 Å². The second-order valence-corrected chi connectivity index (χ2v) is 6.67. The highest BCUT2D eigenvalue weighted by Gasteiger charge is 2.27. The molecule has 0 bridgehead atoms. The van der Waals surface area contributed by atoms with E-state index in [4.69, 9.17) is 0 Å². The summed E-state index contributed by atoms with van der Waals surface area (Å²) in [6.07, 6.45) is 5.62. The lowest BCUT2D eigenvalue weighted by Gasteiger charge is -2.23. The Morgan fingerprint density at radius 1 is 1.47 bits per heavy atom. The normalized spacial score (nSPS) is 19.6. The number of rotatable bonds is 4. The molecule has 1 saturated carbocycles. The molecule has 0 atom stereocenters. The van der Waals surface area contributed by atoms with Gasteiger partial charge in [0.05, 0.1) is 0 Å². The lowest BCUT2D eigenvalue weighted by atomic mass is 9.89. The first kappa shape index (κ1) is 11.6. The Kier molecular flexibility index (Phi) is 3.86. The van der Waals surface area contributed by atoms with Gasteiger partial charge < -0.3 is 5.32 Å². The van der Waals surface area contributed by atoms with Gasteiger partial charge in [-0.2, -0.15) is 0 Å². The fourth-order valence-corrected chi connectivity index (χ4v) is 3.80. The van der Waals surface area contributed by atoms with Gasteiger partial charge in [0.25, 0.3) is 0 Å². The molecule has 0 saturated heterocycles. The molecule has 1 aromatic heterocycles. The van der Waals surface area contributed by atoms with Gasteiger partial charge in [-0.3, -0.25) is 0 Å². The van der Waals surface area contributed by atoms with Crippen molar-refractivity contribution >= 4 is 27.3 Å². The molecule has 0 spiro atoms. The molecule has 1 fully saturated rings. The Labute approximate surface area is 104 Å². The minimum absolute atomic E-state index is 0.559. The topological polar surface area (TPSA) is 12.0 Å². The van der Waals surface area contributed by atoms with E-state index in [9.17, 15) is 0 Å². The van der Waals surface area contributed by atoms with Crippen molar-refractivity contribution in [2.45, 2.75) is 39.2 Å². The first-order valence-corrected chi connectivity index (χ1v) is 7.29. The van der Waals surface area contributed by atoms with Crippen LogP contribution in [0.15, 0.2) is 15.9 Å². The molecule has 1 aliphatic rings. The molecule has 0 radical (unpaired) electrons. The summed E-state index contributed by atoms with van der Waals surface area (Å²) in [5, 5.41) is 5.73. The quantitative estimate of drug-likeness (QED) is 0.876. The Bertz CT molecular complexity index is 315. The molecule has 1 N–H and O–H groups in total. The van der Waals surface area contributed by atoms with Crippen molar-refractivity contribution in [1.29, 1.82) is 0 Å². The van der Waals surface area contributed by atoms with Crippen LogP contribution in [0.2, 0.25) is 0 Å². The van der Waals surface area contributed by atoms with Crippen molar-refractivity contribution < 1.29 is 0 Å². The predicted molar refractivity (Wildman–Crippen MR) is 70.3 cm³/mol. The molecule has 2 rings (SSSR count). The van der Waals surface area contributed by atoms with Crippen molar-refractivity contribution in [2.75, 3.05) is 6.54 Å². The van der Waals surface area contributed by atoms with Crippen LogP contribution in [0.3, 0.4) is 0 Å². The fourth-order valence-electron chi connectivity index (χ4n) is 2.33. The molecule has 0 amide bonds. The number of hydrogen-bond donors (Lipinski definition) is 1. The maximum absolute atomic E-state index is 3.59. The molecule has 0 unspecified atom stereocenters. The summed E-state index contributed by atoms with van der Waals surface area (Å²) in [4.78, 5) is 1.41. The van der Waals surface area contributed by atoms with Crippen LogP contribution in [-0.2, 0) is 6.54 Å². The van der Waals surface area contributed by atoms with Crippen molar-refractivity contribution in [1.82, 2.24) is 5.32 Å². The van der Waals surface area contributed by atoms with Crippen molar-refractivity contribution in [3.8, 4) is 0 Å². The fraction of sp³-hybridized carbons (Fsp3) is 0.667. The van der Waals surface area contributed by atoms with Crippen LogP contribution in [0.25, 0.3) is 0 Å². The highest BCUT2D eigenvalue weighted by molar-refractivity contribution is 9.10. The van der Waals surface area contributed by atoms with E-state index in [1.807, 2.05) is 11.3 Å². The van der Waals surface area contributed by atoms with Gasteiger partial charge in [-0.05, 0) is 45.6 Å². The van der Waals surface area contributed by atoms with Gasteiger partial charge in [-0.15, -0.1) is 11.3 Å². The number of hydrogen-bond acceptors (Lipinski definition) is 2. The lowest BCUT2D eigenvalue weighted by Crippen LogP contribution is -2.28. The molecule has 1 aromatic rings. The SMILES string of the molecule is CC1(CNCc2sccc2Br)CCCC1. The summed E-state index contributed by atoms with van der Waals surface area (Å²) in [5.74, 6) is 0. The number of nitrogens with one attached hydrogen (secondary N) is 1. The van der Waals surface area contributed by atoms with Gasteiger partial charge in [-0.25, -0.2) is 0 Å². The minimum atomic E-state index is 0.559. The molecule has 1 aliphatic carbocycles. The summed E-state index contributed by atoms with van der Waals surface area (Å²) in [7, 11) is 0. The van der Waals surface area contributed by atoms with Gasteiger partial charge in [0.1, 0.15) is 0 Å². The van der Waals surface area contributed by atoms with Crippen LogP contribution >= 0.6 is 27.3 Å². The number of thiophene rings is 1. The maximum Gasteiger partial charge on any atom is 0.0327 e. The van der Waals surface area contributed by atoms with Gasteiger partial charge in [0.15, 0.2) is 0 Å². The summed E-state index contributed by atoms with van der Waals surface area (Å²) < 4.78 is 1.25. The van der Waals surface area contributed by atoms with Crippen molar-refractivity contribution in [3.05, 3.63) is 20.8 Å². The zero-order valence-corrected chi connectivity index (χ0v) is 11.6. The third-order valence-corrected chi connectivity index (χ3v) is 5.27. The number of halogens is 1. The van der Waals surface area contributed by atoms with E-state index in [0.29, 0.717) is 5.41 Å². The first-order chi connectivity index (χ1) is 7.20. The van der Waals surface area contributed by atoms with Crippen LogP contribution in [0.5, 0.6) is 0 Å². The zero-order chi connectivity index (χ0) is 10.7. The van der Waals surface area contributed by atoms with Gasteiger partial charge in [0.2, 0.25) is 0 Å². The highest BCUT2D eigenvalue weighted by Crippen LogP contribution is 2.36. The third kappa shape index (κ3) is 3.05. The predicted octanol–water partition coefficient (Wildman–Crippen LogP) is 4.18. The van der Waals surface area contributed by atoms with E-state index in [1.54, 1.807) is 0 Å². The lowest BCUT2D eigenvalue weighted by molar-refractivity contribution is 0.315. The Hall–Kier alpha value is 0.140. The largest absolute Gasteiger partial charge is 0.311 e. The molecule has 0 aliphatic heterocycles. The molecule has 15 heavy (non-hydrogen) atoms. The van der Waals surface area contributed by atoms with Crippen LogP contribution in [0.1, 0.15) is 37.5 Å². The summed E-state index contributed by atoms with van der Waals surface area (Å²) in [6, 6.07) is 2.12. The van der Waals surface area contributed by atoms with Gasteiger partial charge in [-0.1, -0.05) is 19.8 Å². The molecule has 84 valence electrons. The van der Waals surface area contributed by atoms with Gasteiger partial charge >= 0.3 is 0 Å². The third-order valence-electron chi connectivity index (χ3n) is 3.34. The Morgan fingerprint density at radius 2 is 2.20 bits per heavy atom. The van der Waals surface area contributed by atoms with E-state index in [2.05, 4.69) is 39.6 Å². The Balaban J connectivity index is 1.77. The second-order valence-electron chi connectivity index (χ2n) is 4.81. The molecule has 0 aromatic carbocycles. The van der Waals surface area contributed by atoms with E-state index in [-0.39, 0.29) is 0 Å². The van der Waals surface area contributed by atoms with Gasteiger partial charge in [0, 0.05) is 22.4 Å². The molecule has 1 heterocycles. The van der Waals surface area contributed by atoms with Crippen molar-refractivity contribution in [2.24, 2.45) is 5.41 Å².